The Morgan fingerprint density at radius 3 is 3.08 bits per heavy atom. The van der Waals surface area contributed by atoms with Crippen LogP contribution in [0.2, 0.25) is 0 Å². The number of hydrogen-bond acceptors (Lipinski definition) is 5. The van der Waals surface area contributed by atoms with Gasteiger partial charge in [-0.3, -0.25) is 0 Å². The standard InChI is InChI=1S/C17H19FN6/c1-12-2-3-13(15(18)8-12)9-19-14-6-7-23(10-14)17-5-4-16-21-20-11-24(16)22-17/h2-5,8,11,14,19H,6-7,9-10H2,1H3. The van der Waals surface area contributed by atoms with Crippen LogP contribution in [-0.2, 0) is 6.54 Å². The van der Waals surface area contributed by atoms with E-state index in [9.17, 15) is 4.39 Å². The second-order valence-corrected chi connectivity index (χ2v) is 6.23. The fraction of sp³-hybridized carbons (Fsp3) is 0.353. The van der Waals surface area contributed by atoms with Crippen molar-refractivity contribution in [3.8, 4) is 0 Å². The molecule has 124 valence electrons. The van der Waals surface area contributed by atoms with Gasteiger partial charge in [-0.05, 0) is 37.1 Å². The average Bonchev–Trinajstić information content (AvgIpc) is 3.22. The molecule has 0 spiro atoms. The molecule has 0 saturated carbocycles. The van der Waals surface area contributed by atoms with Crippen molar-refractivity contribution in [2.24, 2.45) is 0 Å². The lowest BCUT2D eigenvalue weighted by atomic mass is 10.1. The number of rotatable bonds is 4. The molecule has 2 aromatic heterocycles. The van der Waals surface area contributed by atoms with Gasteiger partial charge in [0.2, 0.25) is 0 Å². The number of halogens is 1. The van der Waals surface area contributed by atoms with Gasteiger partial charge in [0.15, 0.2) is 5.65 Å². The predicted molar refractivity (Wildman–Crippen MR) is 89.4 cm³/mol. The van der Waals surface area contributed by atoms with E-state index in [-0.39, 0.29) is 5.82 Å². The maximum absolute atomic E-state index is 13.9. The van der Waals surface area contributed by atoms with Gasteiger partial charge in [0.25, 0.3) is 0 Å². The molecule has 0 amide bonds. The van der Waals surface area contributed by atoms with E-state index < -0.39 is 0 Å². The summed E-state index contributed by atoms with van der Waals surface area (Å²) in [5.74, 6) is 0.769. The second-order valence-electron chi connectivity index (χ2n) is 6.23. The summed E-state index contributed by atoms with van der Waals surface area (Å²) >= 11 is 0. The zero-order chi connectivity index (χ0) is 16.5. The van der Waals surface area contributed by atoms with E-state index in [1.807, 2.05) is 31.2 Å². The van der Waals surface area contributed by atoms with E-state index in [4.69, 9.17) is 0 Å². The van der Waals surface area contributed by atoms with Gasteiger partial charge in [-0.1, -0.05) is 12.1 Å². The van der Waals surface area contributed by atoms with E-state index in [1.165, 1.54) is 0 Å². The lowest BCUT2D eigenvalue weighted by Crippen LogP contribution is -2.32. The molecule has 7 heteroatoms. The molecule has 1 atom stereocenters. The van der Waals surface area contributed by atoms with Crippen LogP contribution in [0.1, 0.15) is 17.5 Å². The summed E-state index contributed by atoms with van der Waals surface area (Å²) in [5, 5.41) is 15.8. The normalized spacial score (nSPS) is 17.8. The molecule has 0 radical (unpaired) electrons. The van der Waals surface area contributed by atoms with Crippen LogP contribution < -0.4 is 10.2 Å². The van der Waals surface area contributed by atoms with E-state index in [2.05, 4.69) is 25.5 Å². The number of anilines is 1. The largest absolute Gasteiger partial charge is 0.354 e. The van der Waals surface area contributed by atoms with Gasteiger partial charge < -0.3 is 10.2 Å². The van der Waals surface area contributed by atoms with E-state index in [1.54, 1.807) is 16.9 Å². The van der Waals surface area contributed by atoms with Gasteiger partial charge in [0.1, 0.15) is 18.0 Å². The highest BCUT2D eigenvalue weighted by molar-refractivity contribution is 5.45. The smallest absolute Gasteiger partial charge is 0.177 e. The first-order valence-electron chi connectivity index (χ1n) is 8.09. The molecule has 1 unspecified atom stereocenters. The minimum Gasteiger partial charge on any atom is -0.354 e. The summed E-state index contributed by atoms with van der Waals surface area (Å²) in [6.45, 7) is 4.22. The maximum Gasteiger partial charge on any atom is 0.177 e. The third kappa shape index (κ3) is 2.94. The van der Waals surface area contributed by atoms with Gasteiger partial charge in [-0.15, -0.1) is 15.3 Å². The number of aryl methyl sites for hydroxylation is 1. The molecular weight excluding hydrogens is 307 g/mol. The summed E-state index contributed by atoms with van der Waals surface area (Å²) in [6, 6.07) is 9.58. The maximum atomic E-state index is 13.9. The summed E-state index contributed by atoms with van der Waals surface area (Å²) < 4.78 is 15.6. The molecular formula is C17H19FN6. The zero-order valence-electron chi connectivity index (χ0n) is 13.5. The van der Waals surface area contributed by atoms with Crippen molar-refractivity contribution in [1.29, 1.82) is 0 Å². The topological polar surface area (TPSA) is 58.3 Å². The van der Waals surface area contributed by atoms with Crippen LogP contribution in [0.15, 0.2) is 36.7 Å². The van der Waals surface area contributed by atoms with Gasteiger partial charge in [0, 0.05) is 31.2 Å². The van der Waals surface area contributed by atoms with Crippen LogP contribution >= 0.6 is 0 Å². The van der Waals surface area contributed by atoms with E-state index in [0.29, 0.717) is 18.2 Å². The predicted octanol–water partition coefficient (Wildman–Crippen LogP) is 1.94. The second kappa shape index (κ2) is 6.16. The Balaban J connectivity index is 1.39. The van der Waals surface area contributed by atoms with Gasteiger partial charge in [-0.2, -0.15) is 4.52 Å². The lowest BCUT2D eigenvalue weighted by Gasteiger charge is -2.18. The summed E-state index contributed by atoms with van der Waals surface area (Å²) in [4.78, 5) is 2.22. The highest BCUT2D eigenvalue weighted by Crippen LogP contribution is 2.19. The molecule has 1 fully saturated rings. The van der Waals surface area contributed by atoms with Crippen molar-refractivity contribution < 1.29 is 4.39 Å². The average molecular weight is 326 g/mol. The molecule has 0 bridgehead atoms. The minimum atomic E-state index is -0.142. The van der Waals surface area contributed by atoms with Crippen LogP contribution in [0.3, 0.4) is 0 Å². The van der Waals surface area contributed by atoms with Gasteiger partial charge in [-0.25, -0.2) is 4.39 Å². The number of nitrogens with zero attached hydrogens (tertiary/aromatic N) is 5. The number of aromatic nitrogens is 4. The first-order valence-corrected chi connectivity index (χ1v) is 8.09. The minimum absolute atomic E-state index is 0.142. The number of hydrogen-bond donors (Lipinski definition) is 1. The Hall–Kier alpha value is -2.54. The Morgan fingerprint density at radius 2 is 2.21 bits per heavy atom. The quantitative estimate of drug-likeness (QED) is 0.794. The molecule has 1 saturated heterocycles. The molecule has 6 nitrogen and oxygen atoms in total. The Kier molecular flexibility index (Phi) is 3.86. The lowest BCUT2D eigenvalue weighted by molar-refractivity contribution is 0.529. The molecule has 1 N–H and O–H groups in total. The molecule has 1 aromatic carbocycles. The number of nitrogens with one attached hydrogen (secondary N) is 1. The van der Waals surface area contributed by atoms with Crippen molar-refractivity contribution in [1.82, 2.24) is 25.1 Å². The molecule has 1 aliphatic heterocycles. The summed E-state index contributed by atoms with van der Waals surface area (Å²) in [7, 11) is 0. The summed E-state index contributed by atoms with van der Waals surface area (Å²) in [6.07, 6.45) is 2.61. The molecule has 3 heterocycles. The van der Waals surface area contributed by atoms with Crippen LogP contribution in [0, 0.1) is 12.7 Å². The number of fused-ring (bicyclic) bond motifs is 1. The van der Waals surface area contributed by atoms with Gasteiger partial charge >= 0.3 is 0 Å². The molecule has 4 rings (SSSR count). The Labute approximate surface area is 139 Å². The monoisotopic (exact) mass is 326 g/mol. The van der Waals surface area contributed by atoms with Crippen molar-refractivity contribution in [3.05, 3.63) is 53.6 Å². The fourth-order valence-corrected chi connectivity index (χ4v) is 3.07. The molecule has 1 aliphatic rings. The molecule has 24 heavy (non-hydrogen) atoms. The van der Waals surface area contributed by atoms with Crippen molar-refractivity contribution >= 4 is 11.5 Å². The highest BCUT2D eigenvalue weighted by atomic mass is 19.1. The highest BCUT2D eigenvalue weighted by Gasteiger charge is 2.23. The van der Waals surface area contributed by atoms with Crippen LogP contribution in [0.25, 0.3) is 5.65 Å². The first-order chi connectivity index (χ1) is 11.7. The third-order valence-corrected chi connectivity index (χ3v) is 4.45. The Morgan fingerprint density at radius 1 is 1.29 bits per heavy atom. The fourth-order valence-electron chi connectivity index (χ4n) is 3.07. The van der Waals surface area contributed by atoms with Gasteiger partial charge in [0.05, 0.1) is 0 Å². The van der Waals surface area contributed by atoms with Crippen LogP contribution in [0.4, 0.5) is 10.2 Å². The van der Waals surface area contributed by atoms with E-state index in [0.717, 1.165) is 36.5 Å². The zero-order valence-corrected chi connectivity index (χ0v) is 13.5. The summed E-state index contributed by atoms with van der Waals surface area (Å²) in [5.41, 5.74) is 2.39. The number of benzene rings is 1. The van der Waals surface area contributed by atoms with Crippen LogP contribution in [-0.4, -0.2) is 38.9 Å². The molecule has 3 aromatic rings. The SMILES string of the molecule is Cc1ccc(CNC2CCN(c3ccc4nncn4n3)C2)c(F)c1. The Bertz CT molecular complexity index is 861. The van der Waals surface area contributed by atoms with Crippen LogP contribution in [0.5, 0.6) is 0 Å². The third-order valence-electron chi connectivity index (χ3n) is 4.45. The molecule has 0 aliphatic carbocycles. The van der Waals surface area contributed by atoms with Crippen molar-refractivity contribution in [3.63, 3.8) is 0 Å². The van der Waals surface area contributed by atoms with Crippen molar-refractivity contribution in [2.75, 3.05) is 18.0 Å². The van der Waals surface area contributed by atoms with Crippen molar-refractivity contribution in [2.45, 2.75) is 25.9 Å². The first kappa shape index (κ1) is 15.0. The van der Waals surface area contributed by atoms with E-state index >= 15 is 0 Å².